The molecule has 1 amide bonds. The molecule has 0 fully saturated rings. The van der Waals surface area contributed by atoms with Gasteiger partial charge in [0, 0.05) is 17.8 Å². The quantitative estimate of drug-likeness (QED) is 0.619. The summed E-state index contributed by atoms with van der Waals surface area (Å²) in [6, 6.07) is 14.8. The van der Waals surface area contributed by atoms with Gasteiger partial charge in [0.15, 0.2) is 5.58 Å². The van der Waals surface area contributed by atoms with Gasteiger partial charge in [-0.2, -0.15) is 0 Å². The average molecular weight is 393 g/mol. The van der Waals surface area contributed by atoms with Gasteiger partial charge in [-0.25, -0.2) is 9.78 Å². The van der Waals surface area contributed by atoms with E-state index < -0.39 is 5.97 Å². The standard InChI is InChI=1S/C21H19N3O5/c1-28-21(27)15-12-24(9-10-25)20(26)18(15)22-14-7-8-17-16(11-14)23-19(29-17)13-5-3-2-4-6-13/h2-8,11,22,25H,9-10,12H2,1H3. The van der Waals surface area contributed by atoms with Crippen molar-refractivity contribution in [2.24, 2.45) is 0 Å². The number of rotatable bonds is 6. The summed E-state index contributed by atoms with van der Waals surface area (Å²) in [7, 11) is 1.26. The first kappa shape index (κ1) is 18.7. The van der Waals surface area contributed by atoms with E-state index in [1.54, 1.807) is 18.2 Å². The Labute approximate surface area is 166 Å². The summed E-state index contributed by atoms with van der Waals surface area (Å²) in [5.41, 5.74) is 3.02. The number of β-amino-alcohol motifs (C(OH)–C–C–N with tert-alkyl or cyclic N) is 1. The van der Waals surface area contributed by atoms with Crippen LogP contribution in [0.3, 0.4) is 0 Å². The van der Waals surface area contributed by atoms with Crippen molar-refractivity contribution < 1.29 is 23.8 Å². The molecule has 0 saturated carbocycles. The van der Waals surface area contributed by atoms with E-state index >= 15 is 0 Å². The highest BCUT2D eigenvalue weighted by molar-refractivity contribution is 6.08. The monoisotopic (exact) mass is 393 g/mol. The van der Waals surface area contributed by atoms with Crippen molar-refractivity contribution in [2.45, 2.75) is 0 Å². The summed E-state index contributed by atoms with van der Waals surface area (Å²) in [6.07, 6.45) is 0. The first-order valence-corrected chi connectivity index (χ1v) is 9.05. The highest BCUT2D eigenvalue weighted by Gasteiger charge is 2.34. The van der Waals surface area contributed by atoms with Gasteiger partial charge >= 0.3 is 5.97 Å². The fourth-order valence-corrected chi connectivity index (χ4v) is 3.20. The van der Waals surface area contributed by atoms with E-state index in [0.717, 1.165) is 5.56 Å². The molecule has 0 radical (unpaired) electrons. The lowest BCUT2D eigenvalue weighted by atomic mass is 10.2. The fourth-order valence-electron chi connectivity index (χ4n) is 3.20. The second-order valence-corrected chi connectivity index (χ2v) is 6.49. The maximum atomic E-state index is 12.6. The van der Waals surface area contributed by atoms with Crippen LogP contribution < -0.4 is 5.32 Å². The SMILES string of the molecule is COC(=O)C1=C(Nc2ccc3oc(-c4ccccc4)nc3c2)C(=O)N(CCO)C1. The number of nitrogens with zero attached hydrogens (tertiary/aromatic N) is 2. The second kappa shape index (κ2) is 7.76. The fraction of sp³-hybridized carbons (Fsp3) is 0.190. The molecule has 8 heteroatoms. The molecule has 8 nitrogen and oxygen atoms in total. The number of oxazole rings is 1. The Hall–Kier alpha value is -3.65. The number of amides is 1. The van der Waals surface area contributed by atoms with Gasteiger partial charge < -0.3 is 24.5 Å². The number of anilines is 1. The third kappa shape index (κ3) is 3.57. The summed E-state index contributed by atoms with van der Waals surface area (Å²) in [5, 5.41) is 12.2. The van der Waals surface area contributed by atoms with Crippen molar-refractivity contribution in [1.82, 2.24) is 9.88 Å². The molecule has 0 saturated heterocycles. The molecule has 0 atom stereocenters. The molecule has 2 aromatic carbocycles. The van der Waals surface area contributed by atoms with Gasteiger partial charge in [0.05, 0.1) is 25.8 Å². The number of ether oxygens (including phenoxy) is 1. The molecule has 1 aliphatic heterocycles. The van der Waals surface area contributed by atoms with Crippen LogP contribution in [0, 0.1) is 0 Å². The molecule has 3 aromatic rings. The number of carbonyl (C=O) groups is 2. The van der Waals surface area contributed by atoms with E-state index in [9.17, 15) is 9.59 Å². The minimum absolute atomic E-state index is 0.0821. The zero-order valence-electron chi connectivity index (χ0n) is 15.7. The van der Waals surface area contributed by atoms with Crippen molar-refractivity contribution in [2.75, 3.05) is 32.1 Å². The van der Waals surface area contributed by atoms with Crippen LogP contribution in [0.2, 0.25) is 0 Å². The van der Waals surface area contributed by atoms with Gasteiger partial charge in [0.25, 0.3) is 5.91 Å². The van der Waals surface area contributed by atoms with Crippen LogP contribution in [0.5, 0.6) is 0 Å². The van der Waals surface area contributed by atoms with E-state index in [1.807, 2.05) is 30.3 Å². The zero-order valence-corrected chi connectivity index (χ0v) is 15.7. The molecule has 0 unspecified atom stereocenters. The molecule has 1 aromatic heterocycles. The highest BCUT2D eigenvalue weighted by atomic mass is 16.5. The van der Waals surface area contributed by atoms with Crippen LogP contribution in [0.25, 0.3) is 22.6 Å². The number of aromatic nitrogens is 1. The maximum absolute atomic E-state index is 12.6. The highest BCUT2D eigenvalue weighted by Crippen LogP contribution is 2.28. The van der Waals surface area contributed by atoms with E-state index in [4.69, 9.17) is 14.3 Å². The Balaban J connectivity index is 1.65. The minimum atomic E-state index is -0.588. The number of benzene rings is 2. The average Bonchev–Trinajstić information content (AvgIpc) is 3.30. The number of aliphatic hydroxyl groups is 1. The minimum Gasteiger partial charge on any atom is -0.466 e. The van der Waals surface area contributed by atoms with Crippen LogP contribution in [0.15, 0.2) is 64.2 Å². The molecular formula is C21H19N3O5. The lowest BCUT2D eigenvalue weighted by Crippen LogP contribution is -2.31. The lowest BCUT2D eigenvalue weighted by Gasteiger charge is -2.14. The molecule has 2 N–H and O–H groups in total. The second-order valence-electron chi connectivity index (χ2n) is 6.49. The molecule has 4 rings (SSSR count). The largest absolute Gasteiger partial charge is 0.466 e. The number of aliphatic hydroxyl groups excluding tert-OH is 1. The van der Waals surface area contributed by atoms with E-state index in [0.29, 0.717) is 22.7 Å². The third-order valence-electron chi connectivity index (χ3n) is 4.63. The predicted molar refractivity (Wildman–Crippen MR) is 106 cm³/mol. The first-order valence-electron chi connectivity index (χ1n) is 9.05. The number of esters is 1. The van der Waals surface area contributed by atoms with Crippen molar-refractivity contribution >= 4 is 28.7 Å². The van der Waals surface area contributed by atoms with Gasteiger partial charge in [-0.15, -0.1) is 0 Å². The molecule has 0 aliphatic carbocycles. The van der Waals surface area contributed by atoms with Gasteiger partial charge in [0.1, 0.15) is 11.2 Å². The normalized spacial score (nSPS) is 14.0. The maximum Gasteiger partial charge on any atom is 0.337 e. The lowest BCUT2D eigenvalue weighted by molar-refractivity contribution is -0.136. The predicted octanol–water partition coefficient (Wildman–Crippen LogP) is 2.17. The molecule has 148 valence electrons. The molecule has 0 bridgehead atoms. The summed E-state index contributed by atoms with van der Waals surface area (Å²) in [6.45, 7) is 0.0205. The third-order valence-corrected chi connectivity index (χ3v) is 4.63. The van der Waals surface area contributed by atoms with Gasteiger partial charge in [-0.05, 0) is 30.3 Å². The van der Waals surface area contributed by atoms with Crippen molar-refractivity contribution in [1.29, 1.82) is 0 Å². The van der Waals surface area contributed by atoms with Crippen LogP contribution in [0.1, 0.15) is 0 Å². The van der Waals surface area contributed by atoms with Crippen LogP contribution in [-0.4, -0.2) is 53.7 Å². The van der Waals surface area contributed by atoms with Crippen LogP contribution in [0.4, 0.5) is 5.69 Å². The number of carbonyl (C=O) groups excluding carboxylic acids is 2. The summed E-state index contributed by atoms with van der Waals surface area (Å²) >= 11 is 0. The molecule has 0 spiro atoms. The van der Waals surface area contributed by atoms with Crippen LogP contribution >= 0.6 is 0 Å². The van der Waals surface area contributed by atoms with E-state index in [-0.39, 0.29) is 36.9 Å². The van der Waals surface area contributed by atoms with E-state index in [1.165, 1.54) is 12.0 Å². The van der Waals surface area contributed by atoms with Crippen molar-refractivity contribution in [3.8, 4) is 11.5 Å². The van der Waals surface area contributed by atoms with Gasteiger partial charge in [0.2, 0.25) is 5.89 Å². The Kier molecular flexibility index (Phi) is 5.01. The smallest absolute Gasteiger partial charge is 0.337 e. The van der Waals surface area contributed by atoms with Crippen molar-refractivity contribution in [3.63, 3.8) is 0 Å². The van der Waals surface area contributed by atoms with E-state index in [2.05, 4.69) is 10.3 Å². The number of hydrogen-bond acceptors (Lipinski definition) is 7. The molecule has 29 heavy (non-hydrogen) atoms. The number of fused-ring (bicyclic) bond motifs is 1. The molecule has 1 aliphatic rings. The summed E-state index contributed by atoms with van der Waals surface area (Å²) in [4.78, 5) is 30.6. The molecule has 2 heterocycles. The zero-order chi connectivity index (χ0) is 20.4. The van der Waals surface area contributed by atoms with Crippen molar-refractivity contribution in [3.05, 3.63) is 59.8 Å². The number of nitrogens with one attached hydrogen (secondary N) is 1. The first-order chi connectivity index (χ1) is 14.1. The topological polar surface area (TPSA) is 105 Å². The van der Waals surface area contributed by atoms with Gasteiger partial charge in [-0.3, -0.25) is 4.79 Å². The van der Waals surface area contributed by atoms with Crippen LogP contribution in [-0.2, 0) is 14.3 Å². The van der Waals surface area contributed by atoms with Gasteiger partial charge in [-0.1, -0.05) is 18.2 Å². The Morgan fingerprint density at radius 2 is 2.07 bits per heavy atom. The number of hydrogen-bond donors (Lipinski definition) is 2. The Morgan fingerprint density at radius 1 is 1.28 bits per heavy atom. The Morgan fingerprint density at radius 3 is 2.79 bits per heavy atom. The summed E-state index contributed by atoms with van der Waals surface area (Å²) < 4.78 is 10.6. The Bertz CT molecular complexity index is 1100. The number of methoxy groups -OCH3 is 1. The molecular weight excluding hydrogens is 374 g/mol. The summed E-state index contributed by atoms with van der Waals surface area (Å²) in [5.74, 6) is -0.460.